The van der Waals surface area contributed by atoms with Gasteiger partial charge in [-0.2, -0.15) is 0 Å². The summed E-state index contributed by atoms with van der Waals surface area (Å²) in [7, 11) is -2.11. The van der Waals surface area contributed by atoms with Gasteiger partial charge in [0.05, 0.1) is 19.1 Å². The maximum Gasteiger partial charge on any atom is 0.261 e. The van der Waals surface area contributed by atoms with Crippen molar-refractivity contribution < 1.29 is 12.8 Å². The molecule has 0 amide bonds. The molecule has 1 N–H and O–H groups in total. The Labute approximate surface area is 103 Å². The molecule has 8 heteroatoms. The van der Waals surface area contributed by atoms with Gasteiger partial charge in [-0.25, -0.2) is 18.1 Å². The van der Waals surface area contributed by atoms with Crippen molar-refractivity contribution in [3.8, 4) is 0 Å². The average molecular weight is 276 g/mol. The molecular weight excluding hydrogens is 266 g/mol. The Morgan fingerprint density at radius 1 is 1.59 bits per heavy atom. The van der Waals surface area contributed by atoms with E-state index in [4.69, 9.17) is 16.0 Å². The van der Waals surface area contributed by atoms with Crippen LogP contribution in [0.3, 0.4) is 0 Å². The largest absolute Gasteiger partial charge is 0.468 e. The molecule has 0 spiro atoms. The molecule has 0 saturated carbocycles. The van der Waals surface area contributed by atoms with E-state index in [0.717, 1.165) is 0 Å². The Balaban J connectivity index is 2.17. The van der Waals surface area contributed by atoms with Gasteiger partial charge in [-0.05, 0) is 12.1 Å². The molecule has 0 unspecified atom stereocenters. The fourth-order valence-electron chi connectivity index (χ4n) is 1.22. The minimum Gasteiger partial charge on any atom is -0.468 e. The summed E-state index contributed by atoms with van der Waals surface area (Å²) < 4.78 is 32.5. The molecule has 0 aliphatic carbocycles. The minimum atomic E-state index is -3.72. The molecule has 0 aliphatic heterocycles. The number of nitrogens with zero attached hydrogens (tertiary/aromatic N) is 2. The van der Waals surface area contributed by atoms with Gasteiger partial charge in [-0.15, -0.1) is 0 Å². The van der Waals surface area contributed by atoms with Crippen LogP contribution in [0.25, 0.3) is 0 Å². The third-order valence-corrected chi connectivity index (χ3v) is 4.00. The summed E-state index contributed by atoms with van der Waals surface area (Å²) in [6.45, 7) is 0.0578. The van der Waals surface area contributed by atoms with Crippen LogP contribution in [-0.2, 0) is 23.6 Å². The van der Waals surface area contributed by atoms with E-state index in [1.165, 1.54) is 17.2 Å². The van der Waals surface area contributed by atoms with E-state index in [2.05, 4.69) is 9.71 Å². The van der Waals surface area contributed by atoms with Crippen LogP contribution in [0.2, 0.25) is 5.15 Å². The summed E-state index contributed by atoms with van der Waals surface area (Å²) in [5.41, 5.74) is 0. The maximum absolute atomic E-state index is 11.8. The molecule has 0 aliphatic rings. The van der Waals surface area contributed by atoms with Crippen LogP contribution in [0.4, 0.5) is 0 Å². The lowest BCUT2D eigenvalue weighted by atomic mass is 10.5. The highest BCUT2D eigenvalue weighted by atomic mass is 35.5. The number of hydrogen-bond acceptors (Lipinski definition) is 4. The highest BCUT2D eigenvalue weighted by molar-refractivity contribution is 7.89. The van der Waals surface area contributed by atoms with Gasteiger partial charge < -0.3 is 8.98 Å². The van der Waals surface area contributed by atoms with Crippen molar-refractivity contribution in [1.82, 2.24) is 14.3 Å². The summed E-state index contributed by atoms with van der Waals surface area (Å²) >= 11 is 5.81. The highest BCUT2D eigenvalue weighted by Gasteiger charge is 2.22. The van der Waals surface area contributed by atoms with E-state index in [-0.39, 0.29) is 16.7 Å². The zero-order chi connectivity index (χ0) is 12.5. The Hall–Kier alpha value is -1.31. The monoisotopic (exact) mass is 275 g/mol. The molecule has 0 fully saturated rings. The number of hydrogen-bond donors (Lipinski definition) is 1. The average Bonchev–Trinajstić information content (AvgIpc) is 2.88. The molecule has 0 bridgehead atoms. The Morgan fingerprint density at radius 2 is 2.35 bits per heavy atom. The van der Waals surface area contributed by atoms with E-state index in [1.807, 2.05) is 0 Å². The maximum atomic E-state index is 11.8. The topological polar surface area (TPSA) is 77.1 Å². The first-order chi connectivity index (χ1) is 8.00. The summed E-state index contributed by atoms with van der Waals surface area (Å²) in [6.07, 6.45) is 2.81. The predicted octanol–water partition coefficient (Wildman–Crippen LogP) is 1.14. The van der Waals surface area contributed by atoms with E-state index in [9.17, 15) is 8.42 Å². The van der Waals surface area contributed by atoms with Gasteiger partial charge in [0.2, 0.25) is 5.03 Å². The number of imidazole rings is 1. The smallest absolute Gasteiger partial charge is 0.261 e. The van der Waals surface area contributed by atoms with Crippen molar-refractivity contribution in [3.63, 3.8) is 0 Å². The number of sulfonamides is 1. The predicted molar refractivity (Wildman–Crippen MR) is 61.0 cm³/mol. The van der Waals surface area contributed by atoms with Crippen LogP contribution in [0.1, 0.15) is 5.76 Å². The van der Waals surface area contributed by atoms with Gasteiger partial charge in [0.15, 0.2) is 0 Å². The van der Waals surface area contributed by atoms with Crippen molar-refractivity contribution in [2.45, 2.75) is 11.6 Å². The summed E-state index contributed by atoms with van der Waals surface area (Å²) in [5, 5.41) is -0.120. The third-order valence-electron chi connectivity index (χ3n) is 2.11. The molecule has 17 heavy (non-hydrogen) atoms. The molecule has 0 aromatic carbocycles. The Kier molecular flexibility index (Phi) is 3.23. The van der Waals surface area contributed by atoms with Gasteiger partial charge in [0.25, 0.3) is 10.0 Å². The molecule has 2 aromatic heterocycles. The van der Waals surface area contributed by atoms with E-state index >= 15 is 0 Å². The molecule has 0 atom stereocenters. The van der Waals surface area contributed by atoms with Gasteiger partial charge in [-0.3, -0.25) is 0 Å². The van der Waals surface area contributed by atoms with Crippen LogP contribution in [-0.4, -0.2) is 18.0 Å². The molecule has 0 radical (unpaired) electrons. The second kappa shape index (κ2) is 4.52. The molecule has 2 rings (SSSR count). The van der Waals surface area contributed by atoms with Crippen LogP contribution >= 0.6 is 11.6 Å². The highest BCUT2D eigenvalue weighted by Crippen LogP contribution is 2.18. The number of aromatic nitrogens is 2. The number of halogens is 1. The Bertz CT molecular complexity index is 603. The number of nitrogens with one attached hydrogen (secondary N) is 1. The number of rotatable bonds is 4. The normalized spacial score (nSPS) is 11.9. The summed E-state index contributed by atoms with van der Waals surface area (Å²) in [4.78, 5) is 3.74. The van der Waals surface area contributed by atoms with E-state index < -0.39 is 10.0 Å². The van der Waals surface area contributed by atoms with Gasteiger partial charge in [0, 0.05) is 7.05 Å². The Morgan fingerprint density at radius 3 is 2.88 bits per heavy atom. The summed E-state index contributed by atoms with van der Waals surface area (Å²) in [6, 6.07) is 3.35. The van der Waals surface area contributed by atoms with Crippen LogP contribution in [0.5, 0.6) is 0 Å². The second-order valence-electron chi connectivity index (χ2n) is 3.36. The van der Waals surface area contributed by atoms with Crippen LogP contribution in [0, 0.1) is 0 Å². The van der Waals surface area contributed by atoms with Gasteiger partial charge in [0.1, 0.15) is 10.9 Å². The van der Waals surface area contributed by atoms with Crippen molar-refractivity contribution in [1.29, 1.82) is 0 Å². The lowest BCUT2D eigenvalue weighted by Gasteiger charge is -2.02. The van der Waals surface area contributed by atoms with Gasteiger partial charge in [-0.1, -0.05) is 11.6 Å². The van der Waals surface area contributed by atoms with E-state index in [0.29, 0.717) is 5.76 Å². The molecule has 2 aromatic rings. The first-order valence-electron chi connectivity index (χ1n) is 4.69. The molecular formula is C9H10ClN3O3S. The fourth-order valence-corrected chi connectivity index (χ4v) is 2.64. The number of furan rings is 1. The first-order valence-corrected chi connectivity index (χ1v) is 6.55. The summed E-state index contributed by atoms with van der Waals surface area (Å²) in [5.74, 6) is 0.514. The van der Waals surface area contributed by atoms with Gasteiger partial charge >= 0.3 is 0 Å². The minimum absolute atomic E-state index is 0.0578. The molecule has 2 heterocycles. The molecule has 6 nitrogen and oxygen atoms in total. The second-order valence-corrected chi connectivity index (χ2v) is 5.40. The van der Waals surface area contributed by atoms with Crippen LogP contribution in [0.15, 0.2) is 34.2 Å². The molecule has 0 saturated heterocycles. The van der Waals surface area contributed by atoms with E-state index in [1.54, 1.807) is 19.2 Å². The third kappa shape index (κ3) is 2.51. The van der Waals surface area contributed by atoms with Crippen molar-refractivity contribution in [3.05, 3.63) is 35.6 Å². The van der Waals surface area contributed by atoms with Crippen molar-refractivity contribution in [2.75, 3.05) is 0 Å². The lowest BCUT2D eigenvalue weighted by Crippen LogP contribution is -2.23. The number of aryl methyl sites for hydroxylation is 1. The quantitative estimate of drug-likeness (QED) is 0.908. The zero-order valence-corrected chi connectivity index (χ0v) is 10.5. The van der Waals surface area contributed by atoms with Crippen molar-refractivity contribution in [2.24, 2.45) is 7.05 Å². The SMILES string of the molecule is Cn1cnc(S(=O)(=O)NCc2ccco2)c1Cl. The van der Waals surface area contributed by atoms with Crippen LogP contribution < -0.4 is 4.72 Å². The molecule has 92 valence electrons. The standard InChI is InChI=1S/C9H10ClN3O3S/c1-13-6-11-9(8(13)10)17(14,15)12-5-7-3-2-4-16-7/h2-4,6,12H,5H2,1H3. The zero-order valence-electron chi connectivity index (χ0n) is 8.92. The van der Waals surface area contributed by atoms with Crippen molar-refractivity contribution >= 4 is 21.6 Å². The lowest BCUT2D eigenvalue weighted by molar-refractivity contribution is 0.498. The fraction of sp³-hybridized carbons (Fsp3) is 0.222. The first kappa shape index (κ1) is 12.2.